The molecule has 24 heavy (non-hydrogen) atoms. The summed E-state index contributed by atoms with van der Waals surface area (Å²) in [7, 11) is 2.48. The lowest BCUT2D eigenvalue weighted by molar-refractivity contribution is 0.0827. The monoisotopic (exact) mass is 348 g/mol. The Morgan fingerprint density at radius 2 is 1.54 bits per heavy atom. The number of para-hydroxylation sites is 2. The maximum Gasteiger partial charge on any atom is 0.264 e. The number of methoxy groups -OCH3 is 1. The molecule has 0 radical (unpaired) electrons. The van der Waals surface area contributed by atoms with E-state index in [2.05, 4.69) is 0 Å². The number of hydrogen-bond donors (Lipinski definition) is 0. The maximum absolute atomic E-state index is 12.8. The first-order valence-corrected chi connectivity index (χ1v) is 8.66. The number of anilines is 1. The van der Waals surface area contributed by atoms with Crippen molar-refractivity contribution in [2.75, 3.05) is 32.6 Å². The van der Waals surface area contributed by atoms with Crippen LogP contribution in [0, 0.1) is 0 Å². The van der Waals surface area contributed by atoms with Gasteiger partial charge >= 0.3 is 0 Å². The highest BCUT2D eigenvalue weighted by molar-refractivity contribution is 7.92. The average Bonchev–Trinajstić information content (AvgIpc) is 2.60. The average molecular weight is 348 g/mol. The van der Waals surface area contributed by atoms with Gasteiger partial charge in [0.2, 0.25) is 0 Å². The number of carbonyl (C=O) groups is 1. The first-order chi connectivity index (χ1) is 11.3. The van der Waals surface area contributed by atoms with E-state index in [1.165, 1.54) is 43.3 Å². The normalized spacial score (nSPS) is 11.0. The number of ether oxygens (including phenoxy) is 1. The summed E-state index contributed by atoms with van der Waals surface area (Å²) in [6.45, 7) is 0. The molecule has 0 saturated heterocycles. The first kappa shape index (κ1) is 17.8. The van der Waals surface area contributed by atoms with Gasteiger partial charge in [-0.1, -0.05) is 12.1 Å². The summed E-state index contributed by atoms with van der Waals surface area (Å²) in [4.78, 5) is 13.4. The van der Waals surface area contributed by atoms with Gasteiger partial charge in [-0.15, -0.1) is 0 Å². The van der Waals surface area contributed by atoms with E-state index in [0.717, 1.165) is 4.31 Å². The molecule has 0 unspecified atom stereocenters. The lowest BCUT2D eigenvalue weighted by Crippen LogP contribution is -2.27. The van der Waals surface area contributed by atoms with Gasteiger partial charge in [-0.05, 0) is 36.4 Å². The summed E-state index contributed by atoms with van der Waals surface area (Å²) in [5.41, 5.74) is 0.868. The number of sulfonamides is 1. The molecule has 0 aliphatic rings. The molecular weight excluding hydrogens is 328 g/mol. The molecule has 7 heteroatoms. The lowest BCUT2D eigenvalue weighted by atomic mass is 10.2. The second-order valence-electron chi connectivity index (χ2n) is 5.37. The van der Waals surface area contributed by atoms with Crippen LogP contribution in [-0.4, -0.2) is 47.5 Å². The molecule has 2 aromatic rings. The van der Waals surface area contributed by atoms with Crippen LogP contribution in [0.2, 0.25) is 0 Å². The molecule has 6 nitrogen and oxygen atoms in total. The van der Waals surface area contributed by atoms with Crippen LogP contribution in [-0.2, 0) is 10.0 Å². The number of hydrogen-bond acceptors (Lipinski definition) is 4. The van der Waals surface area contributed by atoms with Gasteiger partial charge < -0.3 is 9.64 Å². The van der Waals surface area contributed by atoms with Gasteiger partial charge in [-0.2, -0.15) is 0 Å². The molecule has 0 saturated carbocycles. The van der Waals surface area contributed by atoms with Crippen LogP contribution in [0.1, 0.15) is 10.4 Å². The van der Waals surface area contributed by atoms with Crippen molar-refractivity contribution in [3.05, 3.63) is 54.1 Å². The van der Waals surface area contributed by atoms with E-state index in [1.807, 2.05) is 0 Å². The number of benzene rings is 2. The SMILES string of the molecule is COc1ccccc1N(C)S(=O)(=O)c1ccc(C(=O)N(C)C)cc1. The van der Waals surface area contributed by atoms with Crippen LogP contribution in [0.3, 0.4) is 0 Å². The van der Waals surface area contributed by atoms with Crippen molar-refractivity contribution in [1.82, 2.24) is 4.90 Å². The molecule has 0 atom stereocenters. The number of carbonyl (C=O) groups excluding carboxylic acids is 1. The van der Waals surface area contributed by atoms with E-state index in [1.54, 1.807) is 38.4 Å². The van der Waals surface area contributed by atoms with Gasteiger partial charge in [0, 0.05) is 26.7 Å². The van der Waals surface area contributed by atoms with Crippen molar-refractivity contribution in [3.8, 4) is 5.75 Å². The van der Waals surface area contributed by atoms with Crippen molar-refractivity contribution in [3.63, 3.8) is 0 Å². The molecule has 0 N–H and O–H groups in total. The molecule has 1 amide bonds. The van der Waals surface area contributed by atoms with Crippen LogP contribution >= 0.6 is 0 Å². The van der Waals surface area contributed by atoms with Crippen molar-refractivity contribution in [1.29, 1.82) is 0 Å². The third kappa shape index (κ3) is 3.35. The fourth-order valence-electron chi connectivity index (χ4n) is 2.21. The Morgan fingerprint density at radius 1 is 0.958 bits per heavy atom. The van der Waals surface area contributed by atoms with E-state index < -0.39 is 10.0 Å². The molecule has 2 aromatic carbocycles. The van der Waals surface area contributed by atoms with Crippen LogP contribution in [0.15, 0.2) is 53.4 Å². The maximum atomic E-state index is 12.8. The van der Waals surface area contributed by atoms with E-state index in [-0.39, 0.29) is 10.8 Å². The van der Waals surface area contributed by atoms with Crippen LogP contribution in [0.5, 0.6) is 5.75 Å². The highest BCUT2D eigenvalue weighted by Crippen LogP contribution is 2.30. The second-order valence-corrected chi connectivity index (χ2v) is 7.34. The Kier molecular flexibility index (Phi) is 5.14. The Hall–Kier alpha value is -2.54. The molecule has 128 valence electrons. The molecular formula is C17H20N2O4S. The molecule has 0 spiro atoms. The summed E-state index contributed by atoms with van der Waals surface area (Å²) in [6, 6.07) is 12.7. The number of rotatable bonds is 5. The van der Waals surface area contributed by atoms with Gasteiger partial charge in [0.25, 0.3) is 15.9 Å². The minimum absolute atomic E-state index is 0.103. The molecule has 0 bridgehead atoms. The largest absolute Gasteiger partial charge is 0.495 e. The summed E-state index contributed by atoms with van der Waals surface area (Å²) < 4.78 is 32.0. The van der Waals surface area contributed by atoms with Crippen LogP contribution in [0.4, 0.5) is 5.69 Å². The van der Waals surface area contributed by atoms with Gasteiger partial charge in [-0.25, -0.2) is 8.42 Å². The standard InChI is InChI=1S/C17H20N2O4S/c1-18(2)17(20)13-9-11-14(12-10-13)24(21,22)19(3)15-7-5-6-8-16(15)23-4/h5-12H,1-4H3. The zero-order chi connectivity index (χ0) is 17.9. The molecule has 0 fully saturated rings. The van der Waals surface area contributed by atoms with Gasteiger partial charge in [0.05, 0.1) is 17.7 Å². The third-order valence-corrected chi connectivity index (χ3v) is 5.38. The molecule has 0 aliphatic carbocycles. The molecule has 0 aromatic heterocycles. The minimum Gasteiger partial charge on any atom is -0.495 e. The van der Waals surface area contributed by atoms with Crippen LogP contribution in [0.25, 0.3) is 0 Å². The Labute approximate surface area is 142 Å². The zero-order valence-electron chi connectivity index (χ0n) is 14.1. The predicted octanol–water partition coefficient (Wildman–Crippen LogP) is 2.22. The van der Waals surface area contributed by atoms with Gasteiger partial charge in [0.1, 0.15) is 5.75 Å². The quantitative estimate of drug-likeness (QED) is 0.831. The van der Waals surface area contributed by atoms with E-state index >= 15 is 0 Å². The Bertz CT molecular complexity index is 830. The Morgan fingerprint density at radius 3 is 2.08 bits per heavy atom. The Balaban J connectivity index is 2.38. The van der Waals surface area contributed by atoms with Crippen molar-refractivity contribution < 1.29 is 17.9 Å². The fourth-order valence-corrected chi connectivity index (χ4v) is 3.41. The second kappa shape index (κ2) is 6.92. The van der Waals surface area contributed by atoms with E-state index in [0.29, 0.717) is 17.0 Å². The fraction of sp³-hybridized carbons (Fsp3) is 0.235. The summed E-state index contributed by atoms with van der Waals surface area (Å²) in [6.07, 6.45) is 0. The highest BCUT2D eigenvalue weighted by Gasteiger charge is 2.24. The number of amides is 1. The summed E-state index contributed by atoms with van der Waals surface area (Å²) in [5.74, 6) is 0.278. The smallest absolute Gasteiger partial charge is 0.264 e. The van der Waals surface area contributed by atoms with Crippen molar-refractivity contribution in [2.24, 2.45) is 0 Å². The number of nitrogens with zero attached hydrogens (tertiary/aromatic N) is 2. The van der Waals surface area contributed by atoms with Crippen molar-refractivity contribution >= 4 is 21.6 Å². The molecule has 0 heterocycles. The molecule has 0 aliphatic heterocycles. The summed E-state index contributed by atoms with van der Waals surface area (Å²) in [5, 5.41) is 0. The predicted molar refractivity (Wildman–Crippen MR) is 93.0 cm³/mol. The third-order valence-electron chi connectivity index (χ3n) is 3.59. The summed E-state index contributed by atoms with van der Waals surface area (Å²) >= 11 is 0. The zero-order valence-corrected chi connectivity index (χ0v) is 14.9. The van der Waals surface area contributed by atoms with Gasteiger partial charge in [-0.3, -0.25) is 9.10 Å². The van der Waals surface area contributed by atoms with E-state index in [9.17, 15) is 13.2 Å². The molecule has 2 rings (SSSR count). The first-order valence-electron chi connectivity index (χ1n) is 7.22. The minimum atomic E-state index is -3.76. The lowest BCUT2D eigenvalue weighted by Gasteiger charge is -2.21. The van der Waals surface area contributed by atoms with Gasteiger partial charge in [0.15, 0.2) is 0 Å². The topological polar surface area (TPSA) is 66.9 Å². The highest BCUT2D eigenvalue weighted by atomic mass is 32.2. The van der Waals surface area contributed by atoms with Crippen molar-refractivity contribution in [2.45, 2.75) is 4.90 Å². The van der Waals surface area contributed by atoms with Crippen LogP contribution < -0.4 is 9.04 Å². The van der Waals surface area contributed by atoms with E-state index in [4.69, 9.17) is 4.74 Å².